The second-order valence-electron chi connectivity index (χ2n) is 7.38. The zero-order chi connectivity index (χ0) is 18.6. The lowest BCUT2D eigenvalue weighted by molar-refractivity contribution is 0.0343. The van der Waals surface area contributed by atoms with E-state index in [2.05, 4.69) is 15.1 Å². The third-order valence-electron chi connectivity index (χ3n) is 5.53. The Bertz CT molecular complexity index is 807. The summed E-state index contributed by atoms with van der Waals surface area (Å²) in [4.78, 5) is 17.7. The number of rotatable bonds is 5. The van der Waals surface area contributed by atoms with E-state index in [-0.39, 0.29) is 11.9 Å². The lowest BCUT2D eigenvalue weighted by Gasteiger charge is -2.28. The first-order chi connectivity index (χ1) is 13.2. The minimum Gasteiger partial charge on any atom is -0.379 e. The second kappa shape index (κ2) is 8.57. The van der Waals surface area contributed by atoms with Crippen LogP contribution in [0.25, 0.3) is 10.8 Å². The molecule has 0 spiro atoms. The fourth-order valence-corrected chi connectivity index (χ4v) is 4.16. The number of halogens is 1. The molecule has 1 unspecified atom stereocenters. The van der Waals surface area contributed by atoms with Crippen molar-refractivity contribution in [2.75, 3.05) is 52.5 Å². The molecule has 0 bridgehead atoms. The molecule has 0 aliphatic carbocycles. The zero-order valence-corrected chi connectivity index (χ0v) is 16.3. The lowest BCUT2D eigenvalue weighted by atomic mass is 10.0. The van der Waals surface area contributed by atoms with Crippen LogP contribution in [0.2, 0.25) is 5.02 Å². The van der Waals surface area contributed by atoms with Gasteiger partial charge in [-0.15, -0.1) is 0 Å². The van der Waals surface area contributed by atoms with Gasteiger partial charge in [-0.1, -0.05) is 29.8 Å². The van der Waals surface area contributed by atoms with Crippen LogP contribution < -0.4 is 5.32 Å². The average molecular weight is 388 g/mol. The van der Waals surface area contributed by atoms with Gasteiger partial charge in [0.1, 0.15) is 0 Å². The molecule has 2 aliphatic rings. The van der Waals surface area contributed by atoms with Crippen molar-refractivity contribution in [2.45, 2.75) is 12.5 Å². The maximum Gasteiger partial charge on any atom is 0.252 e. The predicted molar refractivity (Wildman–Crippen MR) is 109 cm³/mol. The highest BCUT2D eigenvalue weighted by Gasteiger charge is 2.25. The van der Waals surface area contributed by atoms with E-state index >= 15 is 0 Å². The van der Waals surface area contributed by atoms with Crippen molar-refractivity contribution in [2.24, 2.45) is 0 Å². The lowest BCUT2D eigenvalue weighted by Crippen LogP contribution is -2.42. The van der Waals surface area contributed by atoms with Crippen LogP contribution in [-0.2, 0) is 4.74 Å². The predicted octanol–water partition coefficient (Wildman–Crippen LogP) is 2.63. The summed E-state index contributed by atoms with van der Waals surface area (Å²) in [6, 6.07) is 11.7. The normalized spacial score (nSPS) is 21.6. The van der Waals surface area contributed by atoms with Gasteiger partial charge in [0.15, 0.2) is 0 Å². The van der Waals surface area contributed by atoms with E-state index in [0.29, 0.717) is 5.02 Å². The Kier molecular flexibility index (Phi) is 5.93. The number of carbonyl (C=O) groups is 1. The Balaban J connectivity index is 1.32. The minimum absolute atomic E-state index is 0.00273. The SMILES string of the molecule is O=C(NC1CCN(CCN2CCOCC2)C1)c1cccc2cc(Cl)ccc12. The first-order valence-corrected chi connectivity index (χ1v) is 10.1. The van der Waals surface area contributed by atoms with Crippen LogP contribution in [0, 0.1) is 0 Å². The molecule has 2 heterocycles. The number of hydrogen-bond donors (Lipinski definition) is 1. The number of ether oxygens (including phenoxy) is 1. The van der Waals surface area contributed by atoms with E-state index < -0.39 is 0 Å². The first kappa shape index (κ1) is 18.7. The van der Waals surface area contributed by atoms with Gasteiger partial charge in [-0.3, -0.25) is 14.6 Å². The minimum atomic E-state index is 0.00273. The van der Waals surface area contributed by atoms with Crippen molar-refractivity contribution < 1.29 is 9.53 Å². The van der Waals surface area contributed by atoms with E-state index in [0.717, 1.165) is 75.2 Å². The molecule has 6 heteroatoms. The maximum absolute atomic E-state index is 12.8. The number of nitrogens with one attached hydrogen (secondary N) is 1. The first-order valence-electron chi connectivity index (χ1n) is 9.71. The van der Waals surface area contributed by atoms with Gasteiger partial charge in [0, 0.05) is 55.9 Å². The number of nitrogens with zero attached hydrogens (tertiary/aromatic N) is 2. The molecule has 27 heavy (non-hydrogen) atoms. The maximum atomic E-state index is 12.8. The number of amides is 1. The summed E-state index contributed by atoms with van der Waals surface area (Å²) in [5.41, 5.74) is 0.718. The van der Waals surface area contributed by atoms with E-state index in [4.69, 9.17) is 16.3 Å². The molecule has 1 amide bonds. The van der Waals surface area contributed by atoms with Crippen LogP contribution in [0.5, 0.6) is 0 Å². The highest BCUT2D eigenvalue weighted by Crippen LogP contribution is 2.23. The van der Waals surface area contributed by atoms with E-state index in [1.54, 1.807) is 0 Å². The third kappa shape index (κ3) is 4.61. The summed E-state index contributed by atoms with van der Waals surface area (Å²) in [5, 5.41) is 5.85. The van der Waals surface area contributed by atoms with Gasteiger partial charge in [-0.25, -0.2) is 0 Å². The Hall–Kier alpha value is -1.66. The Morgan fingerprint density at radius 3 is 2.78 bits per heavy atom. The van der Waals surface area contributed by atoms with Crippen molar-refractivity contribution in [3.8, 4) is 0 Å². The van der Waals surface area contributed by atoms with Gasteiger partial charge in [-0.05, 0) is 35.4 Å². The molecule has 4 rings (SSSR count). The molecule has 1 atom stereocenters. The Labute approximate surface area is 165 Å². The van der Waals surface area contributed by atoms with Crippen molar-refractivity contribution in [3.05, 3.63) is 47.0 Å². The van der Waals surface area contributed by atoms with Gasteiger partial charge >= 0.3 is 0 Å². The van der Waals surface area contributed by atoms with Crippen LogP contribution in [0.1, 0.15) is 16.8 Å². The number of likely N-dealkylation sites (tertiary alicyclic amines) is 1. The monoisotopic (exact) mass is 387 g/mol. The molecule has 0 saturated carbocycles. The molecule has 2 aromatic rings. The molecule has 2 aromatic carbocycles. The summed E-state index contributed by atoms with van der Waals surface area (Å²) < 4.78 is 5.40. The average Bonchev–Trinajstić information content (AvgIpc) is 3.13. The van der Waals surface area contributed by atoms with E-state index in [9.17, 15) is 4.79 Å². The number of benzene rings is 2. The zero-order valence-electron chi connectivity index (χ0n) is 15.5. The van der Waals surface area contributed by atoms with Crippen molar-refractivity contribution >= 4 is 28.3 Å². The largest absolute Gasteiger partial charge is 0.379 e. The van der Waals surface area contributed by atoms with Gasteiger partial charge in [-0.2, -0.15) is 0 Å². The summed E-state index contributed by atoms with van der Waals surface area (Å²) in [7, 11) is 0. The molecule has 2 fully saturated rings. The highest BCUT2D eigenvalue weighted by molar-refractivity contribution is 6.31. The van der Waals surface area contributed by atoms with E-state index in [1.807, 2.05) is 36.4 Å². The van der Waals surface area contributed by atoms with Crippen molar-refractivity contribution in [1.29, 1.82) is 0 Å². The summed E-state index contributed by atoms with van der Waals surface area (Å²) in [6.45, 7) is 7.84. The van der Waals surface area contributed by atoms with E-state index in [1.165, 1.54) is 0 Å². The highest BCUT2D eigenvalue weighted by atomic mass is 35.5. The molecular weight excluding hydrogens is 362 g/mol. The van der Waals surface area contributed by atoms with Gasteiger partial charge in [0.25, 0.3) is 5.91 Å². The number of morpholine rings is 1. The topological polar surface area (TPSA) is 44.8 Å². The number of carbonyl (C=O) groups excluding carboxylic acids is 1. The molecule has 1 N–H and O–H groups in total. The quantitative estimate of drug-likeness (QED) is 0.856. The van der Waals surface area contributed by atoms with Crippen LogP contribution in [0.4, 0.5) is 0 Å². The van der Waals surface area contributed by atoms with Crippen LogP contribution in [-0.4, -0.2) is 74.2 Å². The van der Waals surface area contributed by atoms with Crippen molar-refractivity contribution in [1.82, 2.24) is 15.1 Å². The van der Waals surface area contributed by atoms with Gasteiger partial charge in [0.05, 0.1) is 13.2 Å². The van der Waals surface area contributed by atoms with Crippen LogP contribution in [0.15, 0.2) is 36.4 Å². The fourth-order valence-electron chi connectivity index (χ4n) is 3.98. The summed E-state index contributed by atoms with van der Waals surface area (Å²) in [6.07, 6.45) is 1.01. The molecule has 0 aromatic heterocycles. The second-order valence-corrected chi connectivity index (χ2v) is 7.82. The molecule has 144 valence electrons. The van der Waals surface area contributed by atoms with Crippen LogP contribution in [0.3, 0.4) is 0 Å². The molecule has 5 nitrogen and oxygen atoms in total. The van der Waals surface area contributed by atoms with Gasteiger partial charge < -0.3 is 10.1 Å². The van der Waals surface area contributed by atoms with Crippen LogP contribution >= 0.6 is 11.6 Å². The molecule has 2 saturated heterocycles. The fraction of sp³-hybridized carbons (Fsp3) is 0.476. The third-order valence-corrected chi connectivity index (χ3v) is 5.77. The smallest absolute Gasteiger partial charge is 0.252 e. The van der Waals surface area contributed by atoms with Gasteiger partial charge in [0.2, 0.25) is 0 Å². The summed E-state index contributed by atoms with van der Waals surface area (Å²) >= 11 is 6.07. The number of fused-ring (bicyclic) bond motifs is 1. The van der Waals surface area contributed by atoms with Crippen molar-refractivity contribution in [3.63, 3.8) is 0 Å². The molecule has 0 radical (unpaired) electrons. The molecular formula is C21H26ClN3O2. The standard InChI is InChI=1S/C21H26ClN3O2/c22-17-4-5-19-16(14-17)2-1-3-20(19)21(26)23-18-6-7-25(15-18)9-8-24-10-12-27-13-11-24/h1-5,14,18H,6-13,15H2,(H,23,26). The Morgan fingerprint density at radius 2 is 1.93 bits per heavy atom. The summed E-state index contributed by atoms with van der Waals surface area (Å²) in [5.74, 6) is 0.00273. The number of hydrogen-bond acceptors (Lipinski definition) is 4. The molecule has 2 aliphatic heterocycles. The Morgan fingerprint density at radius 1 is 1.11 bits per heavy atom.